The van der Waals surface area contributed by atoms with Gasteiger partial charge in [0.15, 0.2) is 0 Å². The molecule has 4 saturated carbocycles. The standard InChI is InChI=1S/C23H30ClN3O4S/c1-22(6-7-27(21(22)29)13-15-4-2-3-5-18(15)24)20(28)26-19-16-8-14-9-17(19)12-23(10-14,11-16)32(25,30)31/h2-5,14,16-17,19H,6-13H2,1H3,(H,26,28)(H2,25,30,31). The predicted molar refractivity (Wildman–Crippen MR) is 121 cm³/mol. The van der Waals surface area contributed by atoms with Gasteiger partial charge in [0.05, 0.1) is 4.75 Å². The number of carbonyl (C=O) groups excluding carboxylic acids is 2. The molecule has 1 aromatic carbocycles. The van der Waals surface area contributed by atoms with Gasteiger partial charge in [-0.2, -0.15) is 0 Å². The summed E-state index contributed by atoms with van der Waals surface area (Å²) < 4.78 is 23.9. The fourth-order valence-corrected chi connectivity index (χ4v) is 8.51. The molecule has 7 nitrogen and oxygen atoms in total. The number of hydrogen-bond donors (Lipinski definition) is 2. The number of likely N-dealkylation sites (tertiary alicyclic amines) is 1. The number of rotatable bonds is 5. The monoisotopic (exact) mass is 479 g/mol. The van der Waals surface area contributed by atoms with Crippen molar-refractivity contribution in [2.75, 3.05) is 6.54 Å². The Bertz CT molecular complexity index is 1060. The van der Waals surface area contributed by atoms with Gasteiger partial charge >= 0.3 is 0 Å². The molecule has 9 heteroatoms. The summed E-state index contributed by atoms with van der Waals surface area (Å²) in [6.07, 6.45) is 3.95. The van der Waals surface area contributed by atoms with Crippen molar-refractivity contribution < 1.29 is 18.0 Å². The number of carbonyl (C=O) groups is 2. The molecule has 1 aromatic rings. The zero-order valence-electron chi connectivity index (χ0n) is 18.2. The van der Waals surface area contributed by atoms with Gasteiger partial charge in [0.1, 0.15) is 5.41 Å². The lowest BCUT2D eigenvalue weighted by Gasteiger charge is -2.59. The third kappa shape index (κ3) is 3.37. The Hall–Kier alpha value is -1.64. The molecular weight excluding hydrogens is 450 g/mol. The predicted octanol–water partition coefficient (Wildman–Crippen LogP) is 2.43. The fraction of sp³-hybridized carbons (Fsp3) is 0.652. The second kappa shape index (κ2) is 7.43. The number of benzene rings is 1. The molecule has 1 saturated heterocycles. The highest BCUT2D eigenvalue weighted by Gasteiger charge is 2.61. The number of halogens is 1. The van der Waals surface area contributed by atoms with Crippen LogP contribution in [0.1, 0.15) is 51.0 Å². The summed E-state index contributed by atoms with van der Waals surface area (Å²) in [6, 6.07) is 7.33. The van der Waals surface area contributed by atoms with Crippen molar-refractivity contribution in [1.82, 2.24) is 10.2 Å². The summed E-state index contributed by atoms with van der Waals surface area (Å²) in [7, 11) is -3.63. The van der Waals surface area contributed by atoms with E-state index in [4.69, 9.17) is 16.7 Å². The fourth-order valence-electron chi connectivity index (χ4n) is 6.95. The lowest BCUT2D eigenvalue weighted by molar-refractivity contribution is -0.146. The van der Waals surface area contributed by atoms with Crippen LogP contribution < -0.4 is 10.5 Å². The average Bonchev–Trinajstić information content (AvgIpc) is 3.00. The first kappa shape index (κ1) is 22.2. The quantitative estimate of drug-likeness (QED) is 0.632. The van der Waals surface area contributed by atoms with Gasteiger partial charge in [-0.15, -0.1) is 0 Å². The first-order valence-electron chi connectivity index (χ1n) is 11.4. The van der Waals surface area contributed by atoms with E-state index >= 15 is 0 Å². The van der Waals surface area contributed by atoms with Gasteiger partial charge < -0.3 is 10.2 Å². The SMILES string of the molecule is CC1(C(=O)NC2C3CC4CC2CC(S(N)(=O)=O)(C4)C3)CCN(Cc2ccccc2Cl)C1=O. The number of primary sulfonamides is 1. The Balaban J connectivity index is 1.29. The molecule has 1 heterocycles. The summed E-state index contributed by atoms with van der Waals surface area (Å²) in [5.41, 5.74) is -0.255. The molecule has 3 atom stereocenters. The van der Waals surface area contributed by atoms with Crippen molar-refractivity contribution in [2.45, 2.75) is 62.8 Å². The van der Waals surface area contributed by atoms with Crippen molar-refractivity contribution in [1.29, 1.82) is 0 Å². The second-order valence-electron chi connectivity index (χ2n) is 10.6. The number of nitrogens with one attached hydrogen (secondary N) is 1. The molecule has 2 amide bonds. The summed E-state index contributed by atoms with van der Waals surface area (Å²) in [6.45, 7) is 2.61. The molecule has 174 valence electrons. The molecule has 4 aliphatic carbocycles. The Morgan fingerprint density at radius 2 is 1.88 bits per heavy atom. The van der Waals surface area contributed by atoms with Crippen molar-refractivity contribution in [2.24, 2.45) is 28.3 Å². The number of sulfonamides is 1. The van der Waals surface area contributed by atoms with Crippen LogP contribution in [0.3, 0.4) is 0 Å². The smallest absolute Gasteiger partial charge is 0.238 e. The van der Waals surface area contributed by atoms with Gasteiger partial charge in [-0.1, -0.05) is 29.8 Å². The van der Waals surface area contributed by atoms with E-state index in [9.17, 15) is 18.0 Å². The third-order valence-corrected chi connectivity index (χ3v) is 10.7. The zero-order valence-corrected chi connectivity index (χ0v) is 19.8. The van der Waals surface area contributed by atoms with Gasteiger partial charge in [-0.25, -0.2) is 13.6 Å². The van der Waals surface area contributed by atoms with Crippen LogP contribution >= 0.6 is 11.6 Å². The van der Waals surface area contributed by atoms with Crippen LogP contribution in [0.15, 0.2) is 24.3 Å². The van der Waals surface area contributed by atoms with Crippen molar-refractivity contribution in [3.8, 4) is 0 Å². The summed E-state index contributed by atoms with van der Waals surface area (Å²) in [5.74, 6) is 0.130. The maximum absolute atomic E-state index is 13.4. The van der Waals surface area contributed by atoms with Gasteiger partial charge in [-0.05, 0) is 74.8 Å². The van der Waals surface area contributed by atoms with Crippen LogP contribution in [-0.2, 0) is 26.2 Å². The molecule has 5 fully saturated rings. The minimum absolute atomic E-state index is 0.0869. The van der Waals surface area contributed by atoms with Crippen molar-refractivity contribution >= 4 is 33.4 Å². The normalized spacial score (nSPS) is 38.3. The van der Waals surface area contributed by atoms with Crippen molar-refractivity contribution in [3.63, 3.8) is 0 Å². The Morgan fingerprint density at radius 1 is 1.22 bits per heavy atom. The number of nitrogens with two attached hydrogens (primary N) is 1. The lowest BCUT2D eigenvalue weighted by Crippen LogP contribution is -2.65. The topological polar surface area (TPSA) is 110 Å². The molecule has 32 heavy (non-hydrogen) atoms. The van der Waals surface area contributed by atoms with Crippen LogP contribution in [0.2, 0.25) is 5.02 Å². The van der Waals surface area contributed by atoms with E-state index in [0.717, 1.165) is 18.4 Å². The second-order valence-corrected chi connectivity index (χ2v) is 13.0. The first-order valence-corrected chi connectivity index (χ1v) is 13.3. The van der Waals surface area contributed by atoms with E-state index in [0.29, 0.717) is 49.7 Å². The Kier molecular flexibility index (Phi) is 5.15. The van der Waals surface area contributed by atoms with Crippen LogP contribution in [0, 0.1) is 23.2 Å². The number of nitrogens with zero attached hydrogens (tertiary/aromatic N) is 1. The maximum Gasteiger partial charge on any atom is 0.238 e. The summed E-state index contributed by atoms with van der Waals surface area (Å²) >= 11 is 6.26. The molecule has 0 aromatic heterocycles. The van der Waals surface area contributed by atoms with E-state index in [2.05, 4.69) is 5.32 Å². The highest BCUT2D eigenvalue weighted by atomic mass is 35.5. The van der Waals surface area contributed by atoms with Gasteiger partial charge in [-0.3, -0.25) is 9.59 Å². The molecule has 6 rings (SSSR count). The van der Waals surface area contributed by atoms with Crippen LogP contribution in [-0.4, -0.2) is 42.5 Å². The molecule has 0 spiro atoms. The lowest BCUT2D eigenvalue weighted by atomic mass is 9.53. The Labute approximate surface area is 194 Å². The summed E-state index contributed by atoms with van der Waals surface area (Å²) in [4.78, 5) is 28.3. The minimum atomic E-state index is -3.63. The first-order chi connectivity index (χ1) is 15.0. The average molecular weight is 480 g/mol. The van der Waals surface area contributed by atoms with E-state index < -0.39 is 20.2 Å². The van der Waals surface area contributed by atoms with E-state index in [1.54, 1.807) is 17.9 Å². The highest BCUT2D eigenvalue weighted by Crippen LogP contribution is 2.58. The maximum atomic E-state index is 13.4. The zero-order chi connectivity index (χ0) is 22.9. The molecule has 5 aliphatic rings. The minimum Gasteiger partial charge on any atom is -0.352 e. The van der Waals surface area contributed by atoms with Gasteiger partial charge in [0, 0.05) is 24.2 Å². The van der Waals surface area contributed by atoms with Crippen LogP contribution in [0.5, 0.6) is 0 Å². The molecule has 0 radical (unpaired) electrons. The van der Waals surface area contributed by atoms with Crippen LogP contribution in [0.4, 0.5) is 0 Å². The molecule has 3 unspecified atom stereocenters. The molecule has 4 bridgehead atoms. The van der Waals surface area contributed by atoms with Crippen LogP contribution in [0.25, 0.3) is 0 Å². The molecule has 3 N–H and O–H groups in total. The third-order valence-electron chi connectivity index (χ3n) is 8.58. The highest BCUT2D eigenvalue weighted by molar-refractivity contribution is 7.90. The molecule has 1 aliphatic heterocycles. The van der Waals surface area contributed by atoms with E-state index in [-0.39, 0.29) is 29.7 Å². The number of hydrogen-bond acceptors (Lipinski definition) is 4. The summed E-state index contributed by atoms with van der Waals surface area (Å²) in [5, 5.41) is 9.43. The number of amides is 2. The Morgan fingerprint density at radius 3 is 2.50 bits per heavy atom. The van der Waals surface area contributed by atoms with E-state index in [1.807, 2.05) is 18.2 Å². The van der Waals surface area contributed by atoms with E-state index in [1.165, 1.54) is 0 Å². The largest absolute Gasteiger partial charge is 0.352 e. The molecular formula is C23H30ClN3O4S. The van der Waals surface area contributed by atoms with Crippen molar-refractivity contribution in [3.05, 3.63) is 34.9 Å². The van der Waals surface area contributed by atoms with Gasteiger partial charge in [0.2, 0.25) is 21.8 Å². The van der Waals surface area contributed by atoms with Gasteiger partial charge in [0.25, 0.3) is 0 Å².